The number of thiophene rings is 1. The van der Waals surface area contributed by atoms with Crippen LogP contribution in [-0.2, 0) is 0 Å². The summed E-state index contributed by atoms with van der Waals surface area (Å²) in [6.07, 6.45) is 0. The Kier molecular flexibility index (Phi) is 3.56. The van der Waals surface area contributed by atoms with E-state index in [1.165, 1.54) is 17.4 Å². The lowest BCUT2D eigenvalue weighted by Crippen LogP contribution is -2.29. The SMILES string of the molecule is NNC(c1ccsc1)c1c(F)cccc1Cl. The lowest BCUT2D eigenvalue weighted by Gasteiger charge is -2.17. The van der Waals surface area contributed by atoms with E-state index in [-0.39, 0.29) is 5.82 Å². The average Bonchev–Trinajstić information content (AvgIpc) is 2.77. The Labute approximate surface area is 102 Å². The van der Waals surface area contributed by atoms with E-state index >= 15 is 0 Å². The van der Waals surface area contributed by atoms with Crippen molar-refractivity contribution in [1.29, 1.82) is 0 Å². The molecule has 0 bridgehead atoms. The Hall–Kier alpha value is -0.940. The summed E-state index contributed by atoms with van der Waals surface area (Å²) >= 11 is 7.52. The maximum Gasteiger partial charge on any atom is 0.129 e. The smallest absolute Gasteiger partial charge is 0.129 e. The Bertz CT molecular complexity index is 453. The summed E-state index contributed by atoms with van der Waals surface area (Å²) in [5.41, 5.74) is 3.87. The van der Waals surface area contributed by atoms with E-state index in [0.29, 0.717) is 10.6 Å². The van der Waals surface area contributed by atoms with Crippen molar-refractivity contribution in [3.8, 4) is 0 Å². The van der Waals surface area contributed by atoms with Crippen molar-refractivity contribution in [2.24, 2.45) is 5.84 Å². The zero-order valence-electron chi connectivity index (χ0n) is 8.28. The molecule has 1 aromatic carbocycles. The van der Waals surface area contributed by atoms with E-state index in [0.717, 1.165) is 5.56 Å². The topological polar surface area (TPSA) is 38.0 Å². The minimum Gasteiger partial charge on any atom is -0.271 e. The van der Waals surface area contributed by atoms with E-state index in [9.17, 15) is 4.39 Å². The second-order valence-electron chi connectivity index (χ2n) is 3.29. The van der Waals surface area contributed by atoms with Gasteiger partial charge in [-0.2, -0.15) is 11.3 Å². The zero-order valence-corrected chi connectivity index (χ0v) is 9.86. The fourth-order valence-corrected chi connectivity index (χ4v) is 2.53. The Morgan fingerprint density at radius 2 is 2.19 bits per heavy atom. The third-order valence-corrected chi connectivity index (χ3v) is 3.36. The van der Waals surface area contributed by atoms with Gasteiger partial charge < -0.3 is 0 Å². The monoisotopic (exact) mass is 256 g/mol. The highest BCUT2D eigenvalue weighted by atomic mass is 35.5. The zero-order chi connectivity index (χ0) is 11.5. The van der Waals surface area contributed by atoms with Gasteiger partial charge in [-0.05, 0) is 34.5 Å². The predicted octanol–water partition coefficient (Wildman–Crippen LogP) is 3.09. The van der Waals surface area contributed by atoms with Crippen molar-refractivity contribution in [1.82, 2.24) is 5.43 Å². The molecule has 1 heterocycles. The van der Waals surface area contributed by atoms with Crippen LogP contribution in [0.3, 0.4) is 0 Å². The second-order valence-corrected chi connectivity index (χ2v) is 4.48. The van der Waals surface area contributed by atoms with E-state index in [1.54, 1.807) is 12.1 Å². The molecule has 0 aliphatic heterocycles. The molecule has 84 valence electrons. The van der Waals surface area contributed by atoms with Gasteiger partial charge in [0.05, 0.1) is 6.04 Å². The molecule has 0 radical (unpaired) electrons. The van der Waals surface area contributed by atoms with Gasteiger partial charge >= 0.3 is 0 Å². The van der Waals surface area contributed by atoms with Gasteiger partial charge in [-0.3, -0.25) is 5.84 Å². The van der Waals surface area contributed by atoms with Crippen LogP contribution in [0.5, 0.6) is 0 Å². The largest absolute Gasteiger partial charge is 0.271 e. The molecule has 2 aromatic rings. The highest BCUT2D eigenvalue weighted by molar-refractivity contribution is 7.08. The third kappa shape index (κ3) is 2.10. The molecule has 1 unspecified atom stereocenters. The average molecular weight is 257 g/mol. The third-order valence-electron chi connectivity index (χ3n) is 2.33. The Morgan fingerprint density at radius 1 is 1.38 bits per heavy atom. The maximum atomic E-state index is 13.7. The van der Waals surface area contributed by atoms with Crippen LogP contribution in [0.2, 0.25) is 5.02 Å². The number of halogens is 2. The summed E-state index contributed by atoms with van der Waals surface area (Å²) in [6.45, 7) is 0. The second kappa shape index (κ2) is 4.93. The van der Waals surface area contributed by atoms with Crippen LogP contribution in [0.15, 0.2) is 35.0 Å². The first-order valence-corrected chi connectivity index (χ1v) is 5.98. The molecule has 0 saturated carbocycles. The first-order valence-electron chi connectivity index (χ1n) is 4.66. The minimum absolute atomic E-state index is 0.360. The predicted molar refractivity (Wildman–Crippen MR) is 64.9 cm³/mol. The van der Waals surface area contributed by atoms with Crippen LogP contribution in [-0.4, -0.2) is 0 Å². The fourth-order valence-electron chi connectivity index (χ4n) is 1.57. The van der Waals surface area contributed by atoms with Gasteiger partial charge in [0.2, 0.25) is 0 Å². The molecule has 2 nitrogen and oxygen atoms in total. The van der Waals surface area contributed by atoms with Gasteiger partial charge in [0.25, 0.3) is 0 Å². The highest BCUT2D eigenvalue weighted by Crippen LogP contribution is 2.30. The van der Waals surface area contributed by atoms with Gasteiger partial charge in [-0.25, -0.2) is 9.82 Å². The van der Waals surface area contributed by atoms with Crippen LogP contribution in [0.1, 0.15) is 17.2 Å². The molecule has 2 rings (SSSR count). The minimum atomic E-state index is -0.417. The van der Waals surface area contributed by atoms with E-state index in [4.69, 9.17) is 17.4 Å². The first-order chi connectivity index (χ1) is 7.74. The number of hydrogen-bond donors (Lipinski definition) is 2. The van der Waals surface area contributed by atoms with Crippen molar-refractivity contribution < 1.29 is 4.39 Å². The molecule has 0 spiro atoms. The molecule has 0 saturated heterocycles. The van der Waals surface area contributed by atoms with Crippen molar-refractivity contribution >= 4 is 22.9 Å². The summed E-state index contributed by atoms with van der Waals surface area (Å²) in [6, 6.07) is 6.06. The normalized spacial score (nSPS) is 12.7. The lowest BCUT2D eigenvalue weighted by atomic mass is 10.0. The lowest BCUT2D eigenvalue weighted by molar-refractivity contribution is 0.561. The summed E-state index contributed by atoms with van der Waals surface area (Å²) in [4.78, 5) is 0. The standard InChI is InChI=1S/C11H10ClFN2S/c12-8-2-1-3-9(13)10(8)11(15-14)7-4-5-16-6-7/h1-6,11,15H,14H2. The van der Waals surface area contributed by atoms with Crippen molar-refractivity contribution in [3.05, 3.63) is 57.0 Å². The molecular weight excluding hydrogens is 247 g/mol. The Morgan fingerprint density at radius 3 is 2.75 bits per heavy atom. The van der Waals surface area contributed by atoms with Crippen LogP contribution in [0.4, 0.5) is 4.39 Å². The van der Waals surface area contributed by atoms with E-state index < -0.39 is 6.04 Å². The number of nitrogens with one attached hydrogen (secondary N) is 1. The molecule has 5 heteroatoms. The summed E-state index contributed by atoms with van der Waals surface area (Å²) < 4.78 is 13.7. The van der Waals surface area contributed by atoms with Gasteiger partial charge in [0, 0.05) is 10.6 Å². The van der Waals surface area contributed by atoms with Crippen LogP contribution in [0.25, 0.3) is 0 Å². The highest BCUT2D eigenvalue weighted by Gasteiger charge is 2.19. The van der Waals surface area contributed by atoms with Gasteiger partial charge in [0.1, 0.15) is 5.82 Å². The molecule has 0 amide bonds. The Balaban J connectivity index is 2.49. The van der Waals surface area contributed by atoms with Crippen molar-refractivity contribution in [3.63, 3.8) is 0 Å². The van der Waals surface area contributed by atoms with Crippen LogP contribution < -0.4 is 11.3 Å². The summed E-state index contributed by atoms with van der Waals surface area (Å²) in [5, 5.41) is 4.19. The number of hydrogen-bond acceptors (Lipinski definition) is 3. The van der Waals surface area contributed by atoms with Gasteiger partial charge in [-0.1, -0.05) is 17.7 Å². The van der Waals surface area contributed by atoms with Crippen LogP contribution in [0, 0.1) is 5.82 Å². The fraction of sp³-hybridized carbons (Fsp3) is 0.0909. The molecule has 1 aromatic heterocycles. The van der Waals surface area contributed by atoms with Gasteiger partial charge in [0.15, 0.2) is 0 Å². The maximum absolute atomic E-state index is 13.7. The van der Waals surface area contributed by atoms with Crippen LogP contribution >= 0.6 is 22.9 Å². The van der Waals surface area contributed by atoms with Gasteiger partial charge in [-0.15, -0.1) is 0 Å². The molecule has 16 heavy (non-hydrogen) atoms. The first kappa shape index (κ1) is 11.5. The number of hydrazine groups is 1. The number of rotatable bonds is 3. The summed E-state index contributed by atoms with van der Waals surface area (Å²) in [5.74, 6) is 5.10. The summed E-state index contributed by atoms with van der Waals surface area (Å²) in [7, 11) is 0. The molecule has 0 fully saturated rings. The van der Waals surface area contributed by atoms with E-state index in [2.05, 4.69) is 5.43 Å². The molecular formula is C11H10ClFN2S. The van der Waals surface area contributed by atoms with E-state index in [1.807, 2.05) is 16.8 Å². The molecule has 1 atom stereocenters. The van der Waals surface area contributed by atoms with Crippen molar-refractivity contribution in [2.75, 3.05) is 0 Å². The quantitative estimate of drug-likeness (QED) is 0.654. The number of benzene rings is 1. The molecule has 0 aliphatic rings. The molecule has 3 N–H and O–H groups in total. The van der Waals surface area contributed by atoms with Crippen molar-refractivity contribution in [2.45, 2.75) is 6.04 Å². The number of nitrogens with two attached hydrogens (primary N) is 1. The molecule has 0 aliphatic carbocycles.